The fourth-order valence-electron chi connectivity index (χ4n) is 3.14. The Morgan fingerprint density at radius 3 is 2.88 bits per heavy atom. The summed E-state index contributed by atoms with van der Waals surface area (Å²) in [6.45, 7) is 1.82. The molecule has 0 aliphatic heterocycles. The molecule has 1 aliphatic rings. The molecule has 0 spiro atoms. The van der Waals surface area contributed by atoms with Gasteiger partial charge in [-0.1, -0.05) is 11.8 Å². The maximum atomic E-state index is 11.5. The number of aromatic nitrogens is 2. The fraction of sp³-hybridized carbons (Fsp3) is 0.235. The molecule has 0 bridgehead atoms. The van der Waals surface area contributed by atoms with Gasteiger partial charge in [-0.25, -0.2) is 9.97 Å². The molecular formula is C17H14N4O3S2. The van der Waals surface area contributed by atoms with Gasteiger partial charge in [-0.05, 0) is 43.9 Å². The van der Waals surface area contributed by atoms with Crippen LogP contribution in [0.1, 0.15) is 33.0 Å². The third kappa shape index (κ3) is 2.82. The molecule has 2 heterocycles. The quantitative estimate of drug-likeness (QED) is 0.416. The molecule has 1 aromatic carbocycles. The highest BCUT2D eigenvalue weighted by Crippen LogP contribution is 2.43. The number of nitro groups is 1. The molecular weight excluding hydrogens is 372 g/mol. The molecule has 0 fully saturated rings. The molecule has 7 nitrogen and oxygen atoms in total. The van der Waals surface area contributed by atoms with Crippen LogP contribution in [0.4, 0.5) is 5.69 Å². The van der Waals surface area contributed by atoms with Crippen molar-refractivity contribution in [3.63, 3.8) is 0 Å². The van der Waals surface area contributed by atoms with E-state index < -0.39 is 10.8 Å². The van der Waals surface area contributed by atoms with Crippen molar-refractivity contribution in [2.75, 3.05) is 0 Å². The number of nitrogens with zero attached hydrogens (tertiary/aromatic N) is 3. The number of rotatable bonds is 4. The predicted octanol–water partition coefficient (Wildman–Crippen LogP) is 3.65. The van der Waals surface area contributed by atoms with E-state index in [4.69, 9.17) is 5.73 Å². The van der Waals surface area contributed by atoms with Crippen LogP contribution < -0.4 is 5.73 Å². The van der Waals surface area contributed by atoms with Gasteiger partial charge >= 0.3 is 0 Å². The van der Waals surface area contributed by atoms with Gasteiger partial charge in [-0.3, -0.25) is 14.9 Å². The monoisotopic (exact) mass is 386 g/mol. The number of primary amides is 1. The number of hydrogen-bond acceptors (Lipinski definition) is 7. The second-order valence-electron chi connectivity index (χ2n) is 6.02. The van der Waals surface area contributed by atoms with Crippen molar-refractivity contribution in [2.24, 2.45) is 5.73 Å². The Hall–Kier alpha value is -2.52. The third-order valence-electron chi connectivity index (χ3n) is 4.29. The number of benzene rings is 1. The maximum absolute atomic E-state index is 11.5. The summed E-state index contributed by atoms with van der Waals surface area (Å²) in [6, 6.07) is 4.27. The summed E-state index contributed by atoms with van der Waals surface area (Å²) in [5.74, 6) is -0.0584. The van der Waals surface area contributed by atoms with E-state index in [2.05, 4.69) is 9.97 Å². The zero-order chi connectivity index (χ0) is 18.4. The van der Waals surface area contributed by atoms with Gasteiger partial charge in [0, 0.05) is 21.9 Å². The van der Waals surface area contributed by atoms with Crippen molar-refractivity contribution in [3.8, 4) is 0 Å². The fourth-order valence-corrected chi connectivity index (χ4v) is 5.60. The van der Waals surface area contributed by atoms with Crippen LogP contribution in [0.2, 0.25) is 0 Å². The average Bonchev–Trinajstić information content (AvgIpc) is 3.14. The van der Waals surface area contributed by atoms with Crippen molar-refractivity contribution < 1.29 is 9.72 Å². The van der Waals surface area contributed by atoms with Crippen molar-refractivity contribution in [2.45, 2.75) is 36.1 Å². The summed E-state index contributed by atoms with van der Waals surface area (Å²) in [5.41, 5.74) is 6.47. The Morgan fingerprint density at radius 1 is 1.35 bits per heavy atom. The summed E-state index contributed by atoms with van der Waals surface area (Å²) in [5, 5.41) is 13.2. The van der Waals surface area contributed by atoms with Crippen LogP contribution in [0.15, 0.2) is 28.1 Å². The SMILES string of the molecule is Cc1nc(Sc2ccc(C(N)=O)cc2[N+](=O)[O-])c2c3c(sc2n1)CCC3. The smallest absolute Gasteiger partial charge is 0.284 e. The van der Waals surface area contributed by atoms with E-state index in [1.165, 1.54) is 34.3 Å². The van der Waals surface area contributed by atoms with Gasteiger partial charge in [0.25, 0.3) is 5.69 Å². The number of nitro benzene ring substituents is 1. The lowest BCUT2D eigenvalue weighted by molar-refractivity contribution is -0.387. The van der Waals surface area contributed by atoms with E-state index in [-0.39, 0.29) is 11.3 Å². The molecule has 0 unspecified atom stereocenters. The Kier molecular flexibility index (Phi) is 4.12. The summed E-state index contributed by atoms with van der Waals surface area (Å²) < 4.78 is 0. The van der Waals surface area contributed by atoms with Gasteiger partial charge in [0.05, 0.1) is 9.82 Å². The molecule has 1 aliphatic carbocycles. The summed E-state index contributed by atoms with van der Waals surface area (Å²) in [4.78, 5) is 34.1. The van der Waals surface area contributed by atoms with Gasteiger partial charge in [-0.2, -0.15) is 0 Å². The van der Waals surface area contributed by atoms with Crippen LogP contribution in [-0.2, 0) is 12.8 Å². The third-order valence-corrected chi connectivity index (χ3v) is 6.53. The first kappa shape index (κ1) is 16.9. The summed E-state index contributed by atoms with van der Waals surface area (Å²) in [6.07, 6.45) is 3.15. The van der Waals surface area contributed by atoms with E-state index in [0.29, 0.717) is 10.7 Å². The molecule has 0 saturated carbocycles. The van der Waals surface area contributed by atoms with E-state index in [1.54, 1.807) is 17.4 Å². The van der Waals surface area contributed by atoms with Crippen LogP contribution in [0.25, 0.3) is 10.2 Å². The number of aryl methyl sites for hydroxylation is 3. The Labute approximate surface area is 156 Å². The molecule has 2 N–H and O–H groups in total. The zero-order valence-corrected chi connectivity index (χ0v) is 15.4. The Balaban J connectivity index is 1.85. The van der Waals surface area contributed by atoms with Gasteiger partial charge in [0.2, 0.25) is 5.91 Å². The molecule has 1 amide bonds. The van der Waals surface area contributed by atoms with Crippen LogP contribution >= 0.6 is 23.1 Å². The number of carbonyl (C=O) groups is 1. The average molecular weight is 386 g/mol. The summed E-state index contributed by atoms with van der Waals surface area (Å²) in [7, 11) is 0. The van der Waals surface area contributed by atoms with Crippen LogP contribution in [0.3, 0.4) is 0 Å². The van der Waals surface area contributed by atoms with Gasteiger partial charge < -0.3 is 5.73 Å². The first-order chi connectivity index (χ1) is 12.4. The lowest BCUT2D eigenvalue weighted by Crippen LogP contribution is -2.11. The highest BCUT2D eigenvalue weighted by atomic mass is 32.2. The van der Waals surface area contributed by atoms with Gasteiger partial charge in [-0.15, -0.1) is 11.3 Å². The molecule has 132 valence electrons. The Bertz CT molecular complexity index is 1080. The highest BCUT2D eigenvalue weighted by Gasteiger charge is 2.24. The van der Waals surface area contributed by atoms with Crippen LogP contribution in [0, 0.1) is 17.0 Å². The molecule has 9 heteroatoms. The molecule has 0 radical (unpaired) electrons. The number of amides is 1. The first-order valence-electron chi connectivity index (χ1n) is 7.99. The molecule has 0 atom stereocenters. The van der Waals surface area contributed by atoms with E-state index in [1.807, 2.05) is 6.92 Å². The first-order valence-corrected chi connectivity index (χ1v) is 9.62. The lowest BCUT2D eigenvalue weighted by atomic mass is 10.2. The number of nitrogens with two attached hydrogens (primary N) is 1. The van der Waals surface area contributed by atoms with E-state index in [0.717, 1.165) is 34.5 Å². The van der Waals surface area contributed by atoms with Crippen molar-refractivity contribution in [1.29, 1.82) is 0 Å². The van der Waals surface area contributed by atoms with Gasteiger partial charge in [0.1, 0.15) is 15.7 Å². The van der Waals surface area contributed by atoms with Crippen molar-refractivity contribution in [3.05, 3.63) is 50.1 Å². The maximum Gasteiger partial charge on any atom is 0.284 e. The van der Waals surface area contributed by atoms with Crippen LogP contribution in [-0.4, -0.2) is 20.8 Å². The molecule has 4 rings (SSSR count). The minimum absolute atomic E-state index is 0.112. The second kappa shape index (κ2) is 6.33. The topological polar surface area (TPSA) is 112 Å². The number of carbonyl (C=O) groups excluding carboxylic acids is 1. The number of thiophene rings is 1. The molecule has 26 heavy (non-hydrogen) atoms. The van der Waals surface area contributed by atoms with Crippen molar-refractivity contribution >= 4 is 44.9 Å². The van der Waals surface area contributed by atoms with E-state index in [9.17, 15) is 14.9 Å². The molecule has 0 saturated heterocycles. The van der Waals surface area contributed by atoms with Crippen molar-refractivity contribution in [1.82, 2.24) is 9.97 Å². The number of hydrogen-bond donors (Lipinski definition) is 1. The predicted molar refractivity (Wildman–Crippen MR) is 99.9 cm³/mol. The van der Waals surface area contributed by atoms with Crippen LogP contribution in [0.5, 0.6) is 0 Å². The highest BCUT2D eigenvalue weighted by molar-refractivity contribution is 7.99. The minimum atomic E-state index is -0.694. The normalized spacial score (nSPS) is 13.1. The summed E-state index contributed by atoms with van der Waals surface area (Å²) >= 11 is 2.92. The van der Waals surface area contributed by atoms with E-state index >= 15 is 0 Å². The second-order valence-corrected chi connectivity index (χ2v) is 8.13. The largest absolute Gasteiger partial charge is 0.366 e. The van der Waals surface area contributed by atoms with Gasteiger partial charge in [0.15, 0.2) is 0 Å². The number of fused-ring (bicyclic) bond motifs is 3. The molecule has 2 aromatic heterocycles. The zero-order valence-electron chi connectivity index (χ0n) is 13.8. The lowest BCUT2D eigenvalue weighted by Gasteiger charge is -2.07. The minimum Gasteiger partial charge on any atom is -0.366 e. The molecule has 3 aromatic rings. The Morgan fingerprint density at radius 2 is 2.15 bits per heavy atom. The standard InChI is InChI=1S/C17H14N4O3S2/c1-8-19-16-14(10-3-2-4-12(10)25-16)17(20-8)26-13-6-5-9(15(18)22)7-11(13)21(23)24/h5-7H,2-4H2,1H3,(H2,18,22).